The summed E-state index contributed by atoms with van der Waals surface area (Å²) in [5, 5.41) is 0. The molecule has 1 aromatic heterocycles. The Morgan fingerprint density at radius 2 is 2.00 bits per heavy atom. The lowest BCUT2D eigenvalue weighted by Crippen LogP contribution is -2.36. The van der Waals surface area contributed by atoms with E-state index < -0.39 is 17.9 Å². The Bertz CT molecular complexity index is 451. The smallest absolute Gasteiger partial charge is 0.326 e. The summed E-state index contributed by atoms with van der Waals surface area (Å²) < 4.78 is 12.3. The largest absolute Gasteiger partial charge is 0.362 e. The molecule has 0 aromatic carbocycles. The Morgan fingerprint density at radius 3 is 2.50 bits per heavy atom. The van der Waals surface area contributed by atoms with Crippen molar-refractivity contribution in [3.63, 3.8) is 0 Å². The summed E-state index contributed by atoms with van der Waals surface area (Å²) in [6, 6.07) is 0. The van der Waals surface area contributed by atoms with Crippen LogP contribution in [0.3, 0.4) is 0 Å². The van der Waals surface area contributed by atoms with E-state index in [9.17, 15) is 14.0 Å². The molecule has 0 aliphatic heterocycles. The van der Waals surface area contributed by atoms with Crippen LogP contribution >= 0.6 is 11.6 Å². The predicted octanol–water partition coefficient (Wildman–Crippen LogP) is 0.386. The van der Waals surface area contributed by atoms with Crippen LogP contribution in [0.2, 0.25) is 0 Å². The second kappa shape index (κ2) is 5.69. The van der Waals surface area contributed by atoms with Gasteiger partial charge in [0, 0.05) is 24.7 Å². The number of hydrogen-bond acceptors (Lipinski definition) is 3. The molecule has 0 bridgehead atoms. The van der Waals surface area contributed by atoms with Gasteiger partial charge < -0.3 is 9.88 Å². The SMILES string of the molecule is Cc1[nH]c(=O)[nH]c(=O)c1N(CCF)CCCl. The summed E-state index contributed by atoms with van der Waals surface area (Å²) in [6.07, 6.45) is 0. The molecule has 0 aliphatic rings. The fraction of sp³-hybridized carbons (Fsp3) is 0.556. The first-order valence-electron chi connectivity index (χ1n) is 4.80. The summed E-state index contributed by atoms with van der Waals surface area (Å²) in [4.78, 5) is 28.6. The quantitative estimate of drug-likeness (QED) is 0.742. The van der Waals surface area contributed by atoms with Gasteiger partial charge in [0.05, 0.1) is 0 Å². The van der Waals surface area contributed by atoms with Crippen molar-refractivity contribution in [3.05, 3.63) is 26.5 Å². The molecule has 2 N–H and O–H groups in total. The fourth-order valence-corrected chi connectivity index (χ4v) is 1.72. The number of halogens is 2. The molecular formula is C9H13ClFN3O2. The maximum atomic E-state index is 12.3. The summed E-state index contributed by atoms with van der Waals surface area (Å²) in [5.41, 5.74) is -0.428. The van der Waals surface area contributed by atoms with Crippen LogP contribution in [0.25, 0.3) is 0 Å². The summed E-state index contributed by atoms with van der Waals surface area (Å²) >= 11 is 5.57. The van der Waals surface area contributed by atoms with Gasteiger partial charge in [-0.25, -0.2) is 9.18 Å². The Hall–Kier alpha value is -1.30. The molecule has 5 nitrogen and oxygen atoms in total. The number of alkyl halides is 2. The van der Waals surface area contributed by atoms with Crippen molar-refractivity contribution in [1.82, 2.24) is 9.97 Å². The number of nitrogens with one attached hydrogen (secondary N) is 2. The van der Waals surface area contributed by atoms with Crippen molar-refractivity contribution in [2.24, 2.45) is 0 Å². The molecule has 7 heteroatoms. The number of hydrogen-bond donors (Lipinski definition) is 2. The topological polar surface area (TPSA) is 69.0 Å². The molecule has 0 radical (unpaired) electrons. The monoisotopic (exact) mass is 249 g/mol. The van der Waals surface area contributed by atoms with E-state index in [1.807, 2.05) is 0 Å². The number of aromatic amines is 2. The first-order valence-corrected chi connectivity index (χ1v) is 5.33. The molecule has 0 fully saturated rings. The van der Waals surface area contributed by atoms with E-state index in [4.69, 9.17) is 11.6 Å². The van der Waals surface area contributed by atoms with Gasteiger partial charge in [-0.3, -0.25) is 9.78 Å². The fourth-order valence-electron chi connectivity index (χ4n) is 1.51. The summed E-state index contributed by atoms with van der Waals surface area (Å²) in [7, 11) is 0. The third kappa shape index (κ3) is 2.85. The Kier molecular flexibility index (Phi) is 4.54. The molecule has 0 atom stereocenters. The normalized spacial score (nSPS) is 10.4. The lowest BCUT2D eigenvalue weighted by atomic mass is 10.3. The van der Waals surface area contributed by atoms with Crippen molar-refractivity contribution in [3.8, 4) is 0 Å². The zero-order valence-corrected chi connectivity index (χ0v) is 9.60. The molecule has 90 valence electrons. The minimum Gasteiger partial charge on any atom is -0.362 e. The maximum absolute atomic E-state index is 12.3. The van der Waals surface area contributed by atoms with E-state index in [0.29, 0.717) is 12.2 Å². The van der Waals surface area contributed by atoms with Crippen LogP contribution in [0, 0.1) is 6.92 Å². The third-order valence-electron chi connectivity index (χ3n) is 2.12. The van der Waals surface area contributed by atoms with Crippen LogP contribution in [0.15, 0.2) is 9.59 Å². The van der Waals surface area contributed by atoms with Crippen molar-refractivity contribution >= 4 is 17.3 Å². The van der Waals surface area contributed by atoms with Gasteiger partial charge in [-0.2, -0.15) is 0 Å². The molecule has 0 saturated carbocycles. The van der Waals surface area contributed by atoms with Crippen LogP contribution in [-0.4, -0.2) is 35.6 Å². The lowest BCUT2D eigenvalue weighted by molar-refractivity contribution is 0.491. The van der Waals surface area contributed by atoms with E-state index in [2.05, 4.69) is 9.97 Å². The molecule has 0 saturated heterocycles. The number of aromatic nitrogens is 2. The van der Waals surface area contributed by atoms with Crippen molar-refractivity contribution in [2.75, 3.05) is 30.5 Å². The highest BCUT2D eigenvalue weighted by Gasteiger charge is 2.13. The van der Waals surface area contributed by atoms with E-state index in [1.165, 1.54) is 4.90 Å². The molecule has 0 unspecified atom stereocenters. The van der Waals surface area contributed by atoms with Gasteiger partial charge in [-0.05, 0) is 6.92 Å². The molecule has 16 heavy (non-hydrogen) atoms. The van der Waals surface area contributed by atoms with Crippen LogP contribution in [0.5, 0.6) is 0 Å². The van der Waals surface area contributed by atoms with E-state index >= 15 is 0 Å². The Labute approximate surface area is 96.2 Å². The van der Waals surface area contributed by atoms with Gasteiger partial charge in [-0.1, -0.05) is 0 Å². The average molecular weight is 250 g/mol. The first-order chi connectivity index (χ1) is 7.60. The number of rotatable bonds is 5. The van der Waals surface area contributed by atoms with Crippen LogP contribution in [0.4, 0.5) is 10.1 Å². The third-order valence-corrected chi connectivity index (χ3v) is 2.29. The van der Waals surface area contributed by atoms with E-state index in [0.717, 1.165) is 0 Å². The first kappa shape index (κ1) is 12.8. The van der Waals surface area contributed by atoms with Crippen molar-refractivity contribution < 1.29 is 4.39 Å². The number of aryl methyl sites for hydroxylation is 1. The van der Waals surface area contributed by atoms with E-state index in [1.54, 1.807) is 6.92 Å². The van der Waals surface area contributed by atoms with Gasteiger partial charge in [0.25, 0.3) is 5.56 Å². The number of H-pyrrole nitrogens is 2. The average Bonchev–Trinajstić information content (AvgIpc) is 2.16. The lowest BCUT2D eigenvalue weighted by Gasteiger charge is -2.22. The van der Waals surface area contributed by atoms with Gasteiger partial charge >= 0.3 is 5.69 Å². The highest BCUT2D eigenvalue weighted by atomic mass is 35.5. The van der Waals surface area contributed by atoms with Gasteiger partial charge in [0.15, 0.2) is 0 Å². The van der Waals surface area contributed by atoms with Crippen LogP contribution in [-0.2, 0) is 0 Å². The van der Waals surface area contributed by atoms with Crippen molar-refractivity contribution in [2.45, 2.75) is 6.92 Å². The van der Waals surface area contributed by atoms with Gasteiger partial charge in [-0.15, -0.1) is 11.6 Å². The van der Waals surface area contributed by atoms with E-state index in [-0.39, 0.29) is 18.1 Å². The predicted molar refractivity (Wildman–Crippen MR) is 61.3 cm³/mol. The number of anilines is 1. The van der Waals surface area contributed by atoms with Crippen molar-refractivity contribution in [1.29, 1.82) is 0 Å². The van der Waals surface area contributed by atoms with Crippen LogP contribution < -0.4 is 16.1 Å². The second-order valence-corrected chi connectivity index (χ2v) is 3.62. The highest BCUT2D eigenvalue weighted by Crippen LogP contribution is 2.10. The number of nitrogens with zero attached hydrogens (tertiary/aromatic N) is 1. The highest BCUT2D eigenvalue weighted by molar-refractivity contribution is 6.18. The minimum atomic E-state index is -0.588. The second-order valence-electron chi connectivity index (χ2n) is 3.25. The zero-order valence-electron chi connectivity index (χ0n) is 8.85. The molecule has 1 rings (SSSR count). The Morgan fingerprint density at radius 1 is 1.31 bits per heavy atom. The molecule has 1 heterocycles. The molecule has 0 aliphatic carbocycles. The standard InChI is InChI=1S/C9H13ClFN3O2/c1-6-7(8(15)13-9(16)12-6)14(4-2-10)5-3-11/h2-5H2,1H3,(H2,12,13,15,16). The molecule has 0 spiro atoms. The van der Waals surface area contributed by atoms with Gasteiger partial charge in [0.2, 0.25) is 0 Å². The summed E-state index contributed by atoms with van der Waals surface area (Å²) in [6.45, 7) is 1.42. The summed E-state index contributed by atoms with van der Waals surface area (Å²) in [5.74, 6) is 0.276. The molecule has 0 amide bonds. The molecular weight excluding hydrogens is 237 g/mol. The van der Waals surface area contributed by atoms with Gasteiger partial charge in [0.1, 0.15) is 12.4 Å². The Balaban J connectivity index is 3.18. The minimum absolute atomic E-state index is 0.0721. The van der Waals surface area contributed by atoms with Crippen LogP contribution in [0.1, 0.15) is 5.69 Å². The zero-order chi connectivity index (χ0) is 12.1. The molecule has 1 aromatic rings. The maximum Gasteiger partial charge on any atom is 0.326 e.